The van der Waals surface area contributed by atoms with E-state index in [0.717, 1.165) is 60.2 Å². The van der Waals surface area contributed by atoms with E-state index < -0.39 is 43.3 Å². The van der Waals surface area contributed by atoms with E-state index in [9.17, 15) is 35.8 Å². The predicted molar refractivity (Wildman–Crippen MR) is 267 cm³/mol. The number of nitrogens with zero attached hydrogens (tertiary/aromatic N) is 3. The van der Waals surface area contributed by atoms with E-state index in [0.29, 0.717) is 76.9 Å². The van der Waals surface area contributed by atoms with Crippen molar-refractivity contribution in [3.63, 3.8) is 0 Å². The molecular formula is C52H69N4O13S2+. The van der Waals surface area contributed by atoms with Crippen molar-refractivity contribution >= 4 is 55.0 Å². The molecule has 0 aromatic heterocycles. The monoisotopic (exact) mass is 1020 g/mol. The van der Waals surface area contributed by atoms with E-state index in [2.05, 4.69) is 58.4 Å². The fraction of sp³-hybridized carbons (Fsp3) is 0.538. The number of hydroxylamine groups is 2. The fourth-order valence-corrected chi connectivity index (χ4v) is 12.1. The number of ether oxygens (including phenoxy) is 4. The third kappa shape index (κ3) is 12.5. The van der Waals surface area contributed by atoms with Crippen LogP contribution in [0.3, 0.4) is 0 Å². The molecule has 17 nitrogen and oxygen atoms in total. The topological polar surface area (TPSA) is 207 Å². The van der Waals surface area contributed by atoms with E-state index in [-0.39, 0.29) is 53.7 Å². The minimum atomic E-state index is -4.46. The summed E-state index contributed by atoms with van der Waals surface area (Å²) in [6.07, 6.45) is 12.2. The maximum atomic E-state index is 13.1. The molecule has 1 atom stereocenters. The van der Waals surface area contributed by atoms with Crippen molar-refractivity contribution in [1.29, 1.82) is 0 Å². The molecular weight excluding hydrogens is 953 g/mol. The number of allylic oxidation sites excluding steroid dienone is 1. The second-order valence-electron chi connectivity index (χ2n) is 19.1. The Morgan fingerprint density at radius 1 is 0.789 bits per heavy atom. The lowest BCUT2D eigenvalue weighted by Crippen LogP contribution is -2.42. The third-order valence-corrected chi connectivity index (χ3v) is 16.6. The first-order valence-corrected chi connectivity index (χ1v) is 27.6. The Morgan fingerprint density at radius 3 is 2.13 bits per heavy atom. The molecule has 2 amide bonds. The minimum absolute atomic E-state index is 0.0284. The summed E-state index contributed by atoms with van der Waals surface area (Å²) in [6.45, 7) is 8.01. The van der Waals surface area contributed by atoms with Crippen LogP contribution in [0.25, 0.3) is 11.1 Å². The molecule has 1 spiro atoms. The molecule has 3 aromatic rings. The highest BCUT2D eigenvalue weighted by atomic mass is 32.2. The van der Waals surface area contributed by atoms with Gasteiger partial charge in [-0.15, -0.1) is 5.06 Å². The van der Waals surface area contributed by atoms with Crippen LogP contribution >= 0.6 is 0 Å². The smallest absolute Gasteiger partial charge is 0.333 e. The first kappa shape index (κ1) is 53.9. The Hall–Kier alpha value is -4.86. The summed E-state index contributed by atoms with van der Waals surface area (Å²) in [6, 6.07) is 18.2. The number of rotatable bonds is 26. The number of unbranched alkanes of at least 4 members (excludes halogenated alkanes) is 2. The van der Waals surface area contributed by atoms with Gasteiger partial charge in [-0.3, -0.25) is 14.1 Å². The second kappa shape index (κ2) is 23.8. The molecule has 1 unspecified atom stereocenters. The Labute approximate surface area is 418 Å². The van der Waals surface area contributed by atoms with Gasteiger partial charge in [-0.2, -0.15) is 13.0 Å². The fourth-order valence-electron chi connectivity index (χ4n) is 10.6. The Morgan fingerprint density at radius 2 is 1.45 bits per heavy atom. The normalized spacial score (nSPS) is 18.6. The molecule has 0 radical (unpaired) electrons. The highest BCUT2D eigenvalue weighted by Crippen LogP contribution is 2.51. The van der Waals surface area contributed by atoms with Crippen molar-refractivity contribution in [1.82, 2.24) is 9.79 Å². The molecule has 2 N–H and O–H groups in total. The van der Waals surface area contributed by atoms with E-state index in [1.54, 1.807) is 38.5 Å². The van der Waals surface area contributed by atoms with E-state index in [1.165, 1.54) is 17.3 Å². The van der Waals surface area contributed by atoms with Gasteiger partial charge in [-0.1, -0.05) is 57.7 Å². The van der Waals surface area contributed by atoms with Gasteiger partial charge in [0.1, 0.15) is 6.61 Å². The van der Waals surface area contributed by atoms with Gasteiger partial charge in [0.25, 0.3) is 21.9 Å². The highest BCUT2D eigenvalue weighted by Gasteiger charge is 2.52. The second-order valence-corrected chi connectivity index (χ2v) is 22.3. The van der Waals surface area contributed by atoms with Crippen LogP contribution in [0.2, 0.25) is 0 Å². The van der Waals surface area contributed by atoms with Crippen molar-refractivity contribution in [2.24, 2.45) is 0 Å². The number of sulfonamides is 1. The maximum Gasteiger partial charge on any atom is 0.333 e. The summed E-state index contributed by atoms with van der Waals surface area (Å²) in [4.78, 5) is 43.8. The Kier molecular flexibility index (Phi) is 18.1. The number of amides is 2. The number of carbonyl (C=O) groups is 3. The summed E-state index contributed by atoms with van der Waals surface area (Å²) in [5.41, 5.74) is 6.27. The van der Waals surface area contributed by atoms with Gasteiger partial charge in [0.2, 0.25) is 15.7 Å². The van der Waals surface area contributed by atoms with Crippen LogP contribution in [0, 0.1) is 0 Å². The number of carbonyl (C=O) groups excluding carboxylic acids is 3. The van der Waals surface area contributed by atoms with Crippen molar-refractivity contribution < 1.29 is 64.1 Å². The SMILES string of the molecule is COCCOCCNS(=O)(=O)c1ccc(-c2ccc3c(c2)C2(CCCCC2)C(C=CCC2N(CCCCCC(=O)ON4C(=O)CCC4=O)c4ccc(S(=O)(=O)O)cc4C2(C)C)=[N+]3CCOCCOC)cc1. The van der Waals surface area contributed by atoms with Crippen LogP contribution in [0.5, 0.6) is 0 Å². The van der Waals surface area contributed by atoms with Crippen molar-refractivity contribution in [3.8, 4) is 11.1 Å². The lowest BCUT2D eigenvalue weighted by atomic mass is 9.67. The first-order valence-electron chi connectivity index (χ1n) is 24.7. The minimum Gasteiger partial charge on any atom is -0.382 e. The molecule has 0 bridgehead atoms. The number of fused-ring (bicyclic) bond motifs is 3. The number of methoxy groups -OCH3 is 2. The zero-order valence-electron chi connectivity index (χ0n) is 41.4. The van der Waals surface area contributed by atoms with Gasteiger partial charge >= 0.3 is 5.97 Å². The molecule has 7 rings (SSSR count). The van der Waals surface area contributed by atoms with Gasteiger partial charge in [-0.25, -0.2) is 17.9 Å². The molecule has 3 heterocycles. The number of nitrogens with one attached hydrogen (secondary N) is 1. The standard InChI is InChI=1S/C52H68N4O13S2/c1-51(2)42-37-41(71(62,63)64)20-22-44(42)54(28-10-5-7-14-50(59)69-56-48(57)23-24-49(56)58)46(51)12-11-13-47-52(25-8-6-9-26-52)43-36-39(17-21-45(43)55(47)29-31-68-35-33-66-4)38-15-18-40(19-16-38)70(60,61)53-27-30-67-34-32-65-3/h11,13,15-22,36-37,46,53H,5-10,12,14,23-35H2,1-4H3/p+1. The van der Waals surface area contributed by atoms with Gasteiger partial charge in [0.15, 0.2) is 12.3 Å². The molecule has 1 saturated heterocycles. The predicted octanol–water partition coefficient (Wildman–Crippen LogP) is 6.79. The lowest BCUT2D eigenvalue weighted by molar-refractivity contribution is -0.442. The maximum absolute atomic E-state index is 13.1. The average molecular weight is 1020 g/mol. The molecule has 71 heavy (non-hydrogen) atoms. The molecule has 386 valence electrons. The van der Waals surface area contributed by atoms with Gasteiger partial charge in [0, 0.05) is 81.4 Å². The van der Waals surface area contributed by atoms with Gasteiger partial charge < -0.3 is 28.7 Å². The molecule has 3 aliphatic heterocycles. The van der Waals surface area contributed by atoms with Crippen molar-refractivity contribution in [3.05, 3.63) is 83.9 Å². The summed E-state index contributed by atoms with van der Waals surface area (Å²) in [5.74, 6) is -1.67. The van der Waals surface area contributed by atoms with Crippen LogP contribution in [0.1, 0.15) is 102 Å². The zero-order chi connectivity index (χ0) is 50.8. The highest BCUT2D eigenvalue weighted by molar-refractivity contribution is 7.89. The van der Waals surface area contributed by atoms with Crippen molar-refractivity contribution in [2.75, 3.05) is 78.4 Å². The molecule has 4 aliphatic rings. The average Bonchev–Trinajstić information content (AvgIpc) is 3.87. The van der Waals surface area contributed by atoms with Crippen LogP contribution < -0.4 is 9.62 Å². The number of hydrogen-bond donors (Lipinski definition) is 2. The Bertz CT molecular complexity index is 2660. The summed E-state index contributed by atoms with van der Waals surface area (Å²) >= 11 is 0. The number of imide groups is 1. The molecule has 2 fully saturated rings. The number of hydrogen-bond acceptors (Lipinski definition) is 13. The number of anilines is 1. The summed E-state index contributed by atoms with van der Waals surface area (Å²) < 4.78 is 87.8. The summed E-state index contributed by atoms with van der Waals surface area (Å²) in [5, 5.41) is 0.568. The quantitative estimate of drug-likeness (QED) is 0.0368. The molecule has 3 aromatic carbocycles. The van der Waals surface area contributed by atoms with Gasteiger partial charge in [-0.05, 0) is 91.3 Å². The number of benzene rings is 3. The lowest BCUT2D eigenvalue weighted by Gasteiger charge is -2.34. The van der Waals surface area contributed by atoms with Crippen LogP contribution in [-0.2, 0) is 69.1 Å². The zero-order valence-corrected chi connectivity index (χ0v) is 43.0. The van der Waals surface area contributed by atoms with Crippen LogP contribution in [0.4, 0.5) is 11.4 Å². The van der Waals surface area contributed by atoms with Crippen LogP contribution in [-0.4, -0.2) is 134 Å². The van der Waals surface area contributed by atoms with Gasteiger partial charge in [0.05, 0.1) is 48.2 Å². The third-order valence-electron chi connectivity index (χ3n) is 14.2. The molecule has 19 heteroatoms. The van der Waals surface area contributed by atoms with E-state index in [4.69, 9.17) is 23.8 Å². The molecule has 1 aliphatic carbocycles. The van der Waals surface area contributed by atoms with E-state index in [1.807, 2.05) is 12.1 Å². The van der Waals surface area contributed by atoms with Crippen LogP contribution in [0.15, 0.2) is 82.6 Å². The molecule has 1 saturated carbocycles. The van der Waals surface area contributed by atoms with Crippen molar-refractivity contribution in [2.45, 2.75) is 118 Å². The summed E-state index contributed by atoms with van der Waals surface area (Å²) in [7, 11) is -4.99. The van der Waals surface area contributed by atoms with E-state index >= 15 is 0 Å². The first-order chi connectivity index (χ1) is 34.0. The largest absolute Gasteiger partial charge is 0.382 e. The Balaban J connectivity index is 1.14.